The lowest BCUT2D eigenvalue weighted by atomic mass is 10.3. The van der Waals surface area contributed by atoms with Gasteiger partial charge in [-0.25, -0.2) is 9.97 Å². The number of amides is 1. The zero-order valence-corrected chi connectivity index (χ0v) is 10.2. The molecule has 0 atom stereocenters. The quantitative estimate of drug-likeness (QED) is 0.691. The summed E-state index contributed by atoms with van der Waals surface area (Å²) in [4.78, 5) is 22.9. The Morgan fingerprint density at radius 1 is 1.39 bits per heavy atom. The smallest absolute Gasteiger partial charge is 0.290 e. The van der Waals surface area contributed by atoms with Crippen molar-refractivity contribution in [3.63, 3.8) is 0 Å². The lowest BCUT2D eigenvalue weighted by molar-refractivity contribution is 0.0944. The number of nitrogens with zero attached hydrogens (tertiary/aromatic N) is 3. The average molecular weight is 248 g/mol. The number of aromatic amines is 2. The molecule has 0 fully saturated rings. The van der Waals surface area contributed by atoms with Gasteiger partial charge in [0.05, 0.1) is 0 Å². The minimum Gasteiger partial charge on any atom is -0.349 e. The van der Waals surface area contributed by atoms with Crippen LogP contribution >= 0.6 is 0 Å². The van der Waals surface area contributed by atoms with Crippen LogP contribution in [0.5, 0.6) is 0 Å². The first-order valence-corrected chi connectivity index (χ1v) is 5.97. The van der Waals surface area contributed by atoms with E-state index in [2.05, 4.69) is 30.5 Å². The first-order chi connectivity index (χ1) is 8.79. The standard InChI is InChI=1S/C11H16N6O/c1-2-3-9-15-10(17-16-9)11(18)14-5-4-8-12-6-7-13-8/h6-7H,2-5H2,1H3,(H,12,13)(H,14,18)(H,15,16,17). The van der Waals surface area contributed by atoms with Gasteiger partial charge >= 0.3 is 0 Å². The normalized spacial score (nSPS) is 10.5. The molecular weight excluding hydrogens is 232 g/mol. The molecule has 96 valence electrons. The van der Waals surface area contributed by atoms with E-state index in [4.69, 9.17) is 0 Å². The van der Waals surface area contributed by atoms with Crippen molar-refractivity contribution < 1.29 is 4.79 Å². The molecule has 0 aromatic carbocycles. The Bertz CT molecular complexity index is 489. The summed E-state index contributed by atoms with van der Waals surface area (Å²) in [6.07, 6.45) is 5.86. The van der Waals surface area contributed by atoms with Crippen LogP contribution in [0.4, 0.5) is 0 Å². The van der Waals surface area contributed by atoms with Gasteiger partial charge in [0.15, 0.2) is 0 Å². The second-order valence-electron chi connectivity index (χ2n) is 3.90. The minimum absolute atomic E-state index is 0.192. The van der Waals surface area contributed by atoms with Gasteiger partial charge in [-0.1, -0.05) is 6.92 Å². The molecule has 0 saturated heterocycles. The van der Waals surface area contributed by atoms with Crippen LogP contribution in [-0.4, -0.2) is 37.6 Å². The maximum absolute atomic E-state index is 11.7. The first kappa shape index (κ1) is 12.3. The molecule has 0 spiro atoms. The van der Waals surface area contributed by atoms with E-state index in [-0.39, 0.29) is 11.7 Å². The van der Waals surface area contributed by atoms with Crippen molar-refractivity contribution in [3.8, 4) is 0 Å². The van der Waals surface area contributed by atoms with Gasteiger partial charge in [-0.05, 0) is 6.42 Å². The van der Waals surface area contributed by atoms with Crippen molar-refractivity contribution in [2.75, 3.05) is 6.54 Å². The van der Waals surface area contributed by atoms with Gasteiger partial charge in [0.25, 0.3) is 5.91 Å². The number of carbonyl (C=O) groups is 1. The number of H-pyrrole nitrogens is 2. The monoisotopic (exact) mass is 248 g/mol. The third-order valence-electron chi connectivity index (χ3n) is 2.42. The van der Waals surface area contributed by atoms with Crippen molar-refractivity contribution in [1.82, 2.24) is 30.5 Å². The molecule has 0 unspecified atom stereocenters. The number of imidazole rings is 1. The van der Waals surface area contributed by atoms with Crippen LogP contribution in [0.25, 0.3) is 0 Å². The van der Waals surface area contributed by atoms with E-state index in [0.717, 1.165) is 24.5 Å². The van der Waals surface area contributed by atoms with E-state index >= 15 is 0 Å². The predicted molar refractivity (Wildman–Crippen MR) is 65.0 cm³/mol. The van der Waals surface area contributed by atoms with E-state index in [9.17, 15) is 4.79 Å². The molecule has 2 rings (SSSR count). The molecular formula is C11H16N6O. The molecule has 0 radical (unpaired) electrons. The molecule has 1 amide bonds. The highest BCUT2D eigenvalue weighted by molar-refractivity contribution is 5.90. The van der Waals surface area contributed by atoms with Gasteiger partial charge in [0.2, 0.25) is 5.82 Å². The number of rotatable bonds is 6. The molecule has 2 heterocycles. The number of carbonyl (C=O) groups excluding carboxylic acids is 1. The van der Waals surface area contributed by atoms with E-state index in [0.29, 0.717) is 13.0 Å². The zero-order valence-electron chi connectivity index (χ0n) is 10.2. The SMILES string of the molecule is CCCc1nc(C(=O)NCCc2ncc[nH]2)n[nH]1. The summed E-state index contributed by atoms with van der Waals surface area (Å²) in [7, 11) is 0. The Morgan fingerprint density at radius 3 is 3.00 bits per heavy atom. The fraction of sp³-hybridized carbons (Fsp3) is 0.455. The molecule has 0 aliphatic carbocycles. The summed E-state index contributed by atoms with van der Waals surface area (Å²) in [5.74, 6) is 1.52. The molecule has 7 heteroatoms. The summed E-state index contributed by atoms with van der Waals surface area (Å²) < 4.78 is 0. The minimum atomic E-state index is -0.264. The highest BCUT2D eigenvalue weighted by Gasteiger charge is 2.11. The summed E-state index contributed by atoms with van der Waals surface area (Å²) in [6, 6.07) is 0. The second-order valence-corrected chi connectivity index (χ2v) is 3.90. The van der Waals surface area contributed by atoms with Gasteiger partial charge < -0.3 is 10.3 Å². The average Bonchev–Trinajstić information content (AvgIpc) is 3.00. The summed E-state index contributed by atoms with van der Waals surface area (Å²) in [5.41, 5.74) is 0. The van der Waals surface area contributed by atoms with Crippen LogP contribution < -0.4 is 5.32 Å². The topological polar surface area (TPSA) is 99.3 Å². The Balaban J connectivity index is 1.80. The predicted octanol–water partition coefficient (Wildman–Crippen LogP) is 0.453. The molecule has 0 saturated carbocycles. The fourth-order valence-corrected chi connectivity index (χ4v) is 1.55. The van der Waals surface area contributed by atoms with E-state index < -0.39 is 0 Å². The zero-order chi connectivity index (χ0) is 12.8. The van der Waals surface area contributed by atoms with E-state index in [1.807, 2.05) is 6.92 Å². The van der Waals surface area contributed by atoms with Gasteiger partial charge in [-0.15, -0.1) is 5.10 Å². The molecule has 2 aromatic heterocycles. The van der Waals surface area contributed by atoms with Gasteiger partial charge in [0, 0.05) is 31.8 Å². The lowest BCUT2D eigenvalue weighted by Gasteiger charge is -1.99. The first-order valence-electron chi connectivity index (χ1n) is 5.97. The number of hydrogen-bond donors (Lipinski definition) is 3. The molecule has 18 heavy (non-hydrogen) atoms. The van der Waals surface area contributed by atoms with E-state index in [1.54, 1.807) is 12.4 Å². The molecule has 7 nitrogen and oxygen atoms in total. The van der Waals surface area contributed by atoms with Gasteiger partial charge in [-0.2, -0.15) is 0 Å². The Labute approximate surface area is 104 Å². The van der Waals surface area contributed by atoms with Crippen molar-refractivity contribution >= 4 is 5.91 Å². The third kappa shape index (κ3) is 3.16. The number of aryl methyl sites for hydroxylation is 1. The lowest BCUT2D eigenvalue weighted by Crippen LogP contribution is -2.27. The fourth-order valence-electron chi connectivity index (χ4n) is 1.55. The highest BCUT2D eigenvalue weighted by atomic mass is 16.2. The molecule has 2 aromatic rings. The maximum atomic E-state index is 11.7. The van der Waals surface area contributed by atoms with Crippen molar-refractivity contribution in [1.29, 1.82) is 0 Å². The van der Waals surface area contributed by atoms with Crippen LogP contribution in [0.3, 0.4) is 0 Å². The highest BCUT2D eigenvalue weighted by Crippen LogP contribution is 1.96. The van der Waals surface area contributed by atoms with Crippen LogP contribution in [0.1, 0.15) is 35.6 Å². The summed E-state index contributed by atoms with van der Waals surface area (Å²) in [6.45, 7) is 2.55. The Hall–Kier alpha value is -2.18. The maximum Gasteiger partial charge on any atom is 0.290 e. The van der Waals surface area contributed by atoms with Gasteiger partial charge in [-0.3, -0.25) is 9.89 Å². The Morgan fingerprint density at radius 2 is 2.28 bits per heavy atom. The number of aromatic nitrogens is 5. The summed E-state index contributed by atoms with van der Waals surface area (Å²) >= 11 is 0. The van der Waals surface area contributed by atoms with Crippen LogP contribution in [-0.2, 0) is 12.8 Å². The third-order valence-corrected chi connectivity index (χ3v) is 2.42. The van der Waals surface area contributed by atoms with Crippen molar-refractivity contribution in [2.24, 2.45) is 0 Å². The molecule has 0 bridgehead atoms. The largest absolute Gasteiger partial charge is 0.349 e. The van der Waals surface area contributed by atoms with Crippen LogP contribution in [0.2, 0.25) is 0 Å². The molecule has 3 N–H and O–H groups in total. The second kappa shape index (κ2) is 5.95. The van der Waals surface area contributed by atoms with Crippen LogP contribution in [0.15, 0.2) is 12.4 Å². The van der Waals surface area contributed by atoms with E-state index in [1.165, 1.54) is 0 Å². The van der Waals surface area contributed by atoms with Crippen molar-refractivity contribution in [3.05, 3.63) is 29.9 Å². The number of hydrogen-bond acceptors (Lipinski definition) is 4. The van der Waals surface area contributed by atoms with Crippen molar-refractivity contribution in [2.45, 2.75) is 26.2 Å². The van der Waals surface area contributed by atoms with Crippen LogP contribution in [0, 0.1) is 0 Å². The Kier molecular flexibility index (Phi) is 4.06. The number of nitrogens with one attached hydrogen (secondary N) is 3. The van der Waals surface area contributed by atoms with Gasteiger partial charge in [0.1, 0.15) is 11.6 Å². The summed E-state index contributed by atoms with van der Waals surface area (Å²) in [5, 5.41) is 9.38. The molecule has 0 aliphatic heterocycles. The molecule has 0 aliphatic rings.